The lowest BCUT2D eigenvalue weighted by Gasteiger charge is -1.97. The van der Waals surface area contributed by atoms with Crippen molar-refractivity contribution in [1.82, 2.24) is 14.8 Å². The zero-order valence-electron chi connectivity index (χ0n) is 8.49. The standard InChI is InChI=1S/C11H8FN3O/c1-15-11(16)8-5-13-9-4-6(12)2-3-7(9)10(8)14-15/h2-5,14H,1H3. The number of halogens is 1. The van der Waals surface area contributed by atoms with Gasteiger partial charge in [0.15, 0.2) is 0 Å². The van der Waals surface area contributed by atoms with E-state index in [1.165, 1.54) is 23.0 Å². The Hall–Kier alpha value is -2.17. The van der Waals surface area contributed by atoms with Crippen LogP contribution in [0.25, 0.3) is 21.8 Å². The number of H-pyrrole nitrogens is 1. The van der Waals surface area contributed by atoms with Crippen molar-refractivity contribution >= 4 is 21.8 Å². The van der Waals surface area contributed by atoms with E-state index >= 15 is 0 Å². The van der Waals surface area contributed by atoms with Crippen LogP contribution >= 0.6 is 0 Å². The Morgan fingerprint density at radius 2 is 2.19 bits per heavy atom. The van der Waals surface area contributed by atoms with Crippen molar-refractivity contribution in [2.75, 3.05) is 0 Å². The smallest absolute Gasteiger partial charge is 0.275 e. The molecule has 0 bridgehead atoms. The number of aromatic nitrogens is 3. The number of pyridine rings is 1. The van der Waals surface area contributed by atoms with Gasteiger partial charge in [-0.3, -0.25) is 19.6 Å². The lowest BCUT2D eigenvalue weighted by atomic mass is 10.2. The summed E-state index contributed by atoms with van der Waals surface area (Å²) in [7, 11) is 1.64. The summed E-state index contributed by atoms with van der Waals surface area (Å²) >= 11 is 0. The first kappa shape index (κ1) is 9.08. The molecule has 0 aliphatic rings. The predicted octanol–water partition coefficient (Wildman–Crippen LogP) is 1.55. The summed E-state index contributed by atoms with van der Waals surface area (Å²) in [5.41, 5.74) is 1.10. The lowest BCUT2D eigenvalue weighted by Crippen LogP contribution is -2.11. The highest BCUT2D eigenvalue weighted by Gasteiger charge is 2.08. The first-order valence-corrected chi connectivity index (χ1v) is 4.80. The van der Waals surface area contributed by atoms with Gasteiger partial charge in [0.05, 0.1) is 16.4 Å². The van der Waals surface area contributed by atoms with E-state index in [2.05, 4.69) is 10.1 Å². The molecule has 80 valence electrons. The van der Waals surface area contributed by atoms with Crippen molar-refractivity contribution in [3.63, 3.8) is 0 Å². The largest absolute Gasteiger partial charge is 0.294 e. The molecule has 0 amide bonds. The van der Waals surface area contributed by atoms with Gasteiger partial charge in [-0.1, -0.05) is 0 Å². The Labute approximate surface area is 89.3 Å². The molecule has 3 aromatic rings. The van der Waals surface area contributed by atoms with Crippen LogP contribution in [-0.4, -0.2) is 14.8 Å². The van der Waals surface area contributed by atoms with E-state index in [0.717, 1.165) is 5.39 Å². The molecule has 16 heavy (non-hydrogen) atoms. The van der Waals surface area contributed by atoms with Crippen molar-refractivity contribution in [1.29, 1.82) is 0 Å². The number of fused-ring (bicyclic) bond motifs is 3. The molecular formula is C11H8FN3O. The summed E-state index contributed by atoms with van der Waals surface area (Å²) in [5, 5.41) is 4.19. The third-order valence-electron chi connectivity index (χ3n) is 2.65. The molecule has 0 aliphatic heterocycles. The van der Waals surface area contributed by atoms with Gasteiger partial charge in [-0.15, -0.1) is 0 Å². The zero-order chi connectivity index (χ0) is 11.3. The van der Waals surface area contributed by atoms with Crippen molar-refractivity contribution in [2.45, 2.75) is 0 Å². The quantitative estimate of drug-likeness (QED) is 0.621. The minimum atomic E-state index is -0.336. The van der Waals surface area contributed by atoms with Gasteiger partial charge >= 0.3 is 0 Å². The minimum Gasteiger partial charge on any atom is -0.294 e. The molecule has 1 N–H and O–H groups in total. The highest BCUT2D eigenvalue weighted by Crippen LogP contribution is 2.20. The molecule has 0 saturated carbocycles. The molecule has 5 heteroatoms. The van der Waals surface area contributed by atoms with E-state index in [4.69, 9.17) is 0 Å². The van der Waals surface area contributed by atoms with Crippen LogP contribution in [0, 0.1) is 5.82 Å². The topological polar surface area (TPSA) is 50.7 Å². The molecule has 0 radical (unpaired) electrons. The Balaban J connectivity index is 2.59. The fourth-order valence-corrected chi connectivity index (χ4v) is 1.85. The van der Waals surface area contributed by atoms with E-state index in [0.29, 0.717) is 16.4 Å². The van der Waals surface area contributed by atoms with Gasteiger partial charge in [-0.2, -0.15) is 0 Å². The Bertz CT molecular complexity index is 757. The molecule has 2 heterocycles. The van der Waals surface area contributed by atoms with Crippen molar-refractivity contribution < 1.29 is 4.39 Å². The van der Waals surface area contributed by atoms with Gasteiger partial charge in [0.1, 0.15) is 5.82 Å². The van der Waals surface area contributed by atoms with Crippen LogP contribution in [-0.2, 0) is 7.05 Å². The summed E-state index contributed by atoms with van der Waals surface area (Å²) in [4.78, 5) is 15.7. The summed E-state index contributed by atoms with van der Waals surface area (Å²) < 4.78 is 14.4. The third kappa shape index (κ3) is 1.08. The van der Waals surface area contributed by atoms with Crippen LogP contribution in [0.1, 0.15) is 0 Å². The van der Waals surface area contributed by atoms with Gasteiger partial charge in [0.25, 0.3) is 5.56 Å². The van der Waals surface area contributed by atoms with E-state index < -0.39 is 0 Å². The molecule has 0 spiro atoms. The summed E-state index contributed by atoms with van der Waals surface area (Å²) in [6.07, 6.45) is 1.47. The van der Waals surface area contributed by atoms with Gasteiger partial charge < -0.3 is 0 Å². The fraction of sp³-hybridized carbons (Fsp3) is 0.0909. The number of aromatic amines is 1. The maximum absolute atomic E-state index is 13.0. The van der Waals surface area contributed by atoms with Crippen molar-refractivity contribution in [2.24, 2.45) is 7.05 Å². The molecule has 1 aromatic carbocycles. The number of benzene rings is 1. The number of aryl methyl sites for hydroxylation is 1. The Morgan fingerprint density at radius 3 is 3.00 bits per heavy atom. The van der Waals surface area contributed by atoms with E-state index in [1.807, 2.05) is 0 Å². The zero-order valence-corrected chi connectivity index (χ0v) is 8.49. The Kier molecular flexibility index (Phi) is 1.65. The highest BCUT2D eigenvalue weighted by molar-refractivity contribution is 6.02. The molecule has 0 fully saturated rings. The molecular weight excluding hydrogens is 209 g/mol. The third-order valence-corrected chi connectivity index (χ3v) is 2.65. The van der Waals surface area contributed by atoms with Crippen LogP contribution in [0.3, 0.4) is 0 Å². The maximum atomic E-state index is 13.0. The molecule has 0 saturated heterocycles. The molecule has 4 nitrogen and oxygen atoms in total. The predicted molar refractivity (Wildman–Crippen MR) is 58.8 cm³/mol. The van der Waals surface area contributed by atoms with Gasteiger partial charge in [-0.25, -0.2) is 4.39 Å². The second kappa shape index (κ2) is 2.91. The van der Waals surface area contributed by atoms with Gasteiger partial charge in [0.2, 0.25) is 0 Å². The van der Waals surface area contributed by atoms with Crippen molar-refractivity contribution in [3.8, 4) is 0 Å². The molecule has 3 rings (SSSR count). The number of rotatable bonds is 0. The number of nitrogens with one attached hydrogen (secondary N) is 1. The molecule has 0 atom stereocenters. The molecule has 2 aromatic heterocycles. The van der Waals surface area contributed by atoms with Gasteiger partial charge in [-0.05, 0) is 12.1 Å². The van der Waals surface area contributed by atoms with Crippen LogP contribution in [0.2, 0.25) is 0 Å². The minimum absolute atomic E-state index is 0.131. The average molecular weight is 217 g/mol. The number of hydrogen-bond donors (Lipinski definition) is 1. The van der Waals surface area contributed by atoms with E-state index in [9.17, 15) is 9.18 Å². The average Bonchev–Trinajstić information content (AvgIpc) is 2.55. The summed E-state index contributed by atoms with van der Waals surface area (Å²) in [6.45, 7) is 0. The second-order valence-corrected chi connectivity index (χ2v) is 3.68. The maximum Gasteiger partial charge on any atom is 0.275 e. The van der Waals surface area contributed by atoms with Crippen LogP contribution in [0.15, 0.2) is 29.2 Å². The summed E-state index contributed by atoms with van der Waals surface area (Å²) in [6, 6.07) is 4.32. The van der Waals surface area contributed by atoms with Crippen LogP contribution in [0.4, 0.5) is 4.39 Å². The summed E-state index contributed by atoms with van der Waals surface area (Å²) in [5.74, 6) is -0.336. The lowest BCUT2D eigenvalue weighted by molar-refractivity contribution is 0.629. The van der Waals surface area contributed by atoms with Crippen LogP contribution < -0.4 is 5.56 Å². The van der Waals surface area contributed by atoms with Crippen molar-refractivity contribution in [3.05, 3.63) is 40.6 Å². The SMILES string of the molecule is Cn1[nH]c2c(cnc3cc(F)ccc32)c1=O. The number of hydrogen-bond acceptors (Lipinski definition) is 2. The Morgan fingerprint density at radius 1 is 1.38 bits per heavy atom. The number of nitrogens with zero attached hydrogens (tertiary/aromatic N) is 2. The van der Waals surface area contributed by atoms with Crippen LogP contribution in [0.5, 0.6) is 0 Å². The monoisotopic (exact) mass is 217 g/mol. The van der Waals surface area contributed by atoms with E-state index in [-0.39, 0.29) is 11.4 Å². The molecule has 0 aliphatic carbocycles. The second-order valence-electron chi connectivity index (χ2n) is 3.68. The normalized spacial score (nSPS) is 11.4. The van der Waals surface area contributed by atoms with E-state index in [1.54, 1.807) is 13.1 Å². The first-order chi connectivity index (χ1) is 7.66. The highest BCUT2D eigenvalue weighted by atomic mass is 19.1. The van der Waals surface area contributed by atoms with Gasteiger partial charge in [0, 0.05) is 24.7 Å². The first-order valence-electron chi connectivity index (χ1n) is 4.80. The molecule has 0 unspecified atom stereocenters. The fourth-order valence-electron chi connectivity index (χ4n) is 1.85.